The van der Waals surface area contributed by atoms with Crippen molar-refractivity contribution in [3.63, 3.8) is 0 Å². The van der Waals surface area contributed by atoms with Crippen molar-refractivity contribution < 1.29 is 4.74 Å². The summed E-state index contributed by atoms with van der Waals surface area (Å²) < 4.78 is 5.86. The third-order valence-electron chi connectivity index (χ3n) is 4.58. The number of ether oxygens (including phenoxy) is 1. The second-order valence-corrected chi connectivity index (χ2v) is 6.62. The highest BCUT2D eigenvalue weighted by atomic mass is 16.5. The molecule has 0 aliphatic heterocycles. The Hall–Kier alpha value is -3.60. The number of aryl methyl sites for hydroxylation is 1. The standard InChI is InChI=1S/C22H18N4O/c1-14-6-11-19-20(12-14)26-22(25-19)15-7-9-16(10-8-15)27-13-21-23-17-4-2-3-5-18(17)24-21/h2-12H,13H2,1H3,(H,23,24)(H,25,26). The molecular weight excluding hydrogens is 336 g/mol. The summed E-state index contributed by atoms with van der Waals surface area (Å²) in [5.41, 5.74) is 6.24. The highest BCUT2D eigenvalue weighted by Gasteiger charge is 2.07. The van der Waals surface area contributed by atoms with Gasteiger partial charge in [0.25, 0.3) is 0 Å². The van der Waals surface area contributed by atoms with Gasteiger partial charge in [0.2, 0.25) is 0 Å². The molecule has 0 bridgehead atoms. The number of aromatic amines is 2. The van der Waals surface area contributed by atoms with E-state index in [4.69, 9.17) is 4.74 Å². The lowest BCUT2D eigenvalue weighted by molar-refractivity contribution is 0.297. The molecule has 0 radical (unpaired) electrons. The molecule has 0 spiro atoms. The minimum Gasteiger partial charge on any atom is -0.486 e. The Labute approximate surface area is 156 Å². The number of H-pyrrole nitrogens is 2. The molecule has 5 rings (SSSR count). The lowest BCUT2D eigenvalue weighted by atomic mass is 10.2. The van der Waals surface area contributed by atoms with Crippen LogP contribution in [0.25, 0.3) is 33.5 Å². The molecule has 132 valence electrons. The molecule has 2 N–H and O–H groups in total. The van der Waals surface area contributed by atoms with Gasteiger partial charge in [0.1, 0.15) is 24.0 Å². The van der Waals surface area contributed by atoms with E-state index in [1.54, 1.807) is 0 Å². The van der Waals surface area contributed by atoms with Gasteiger partial charge in [-0.15, -0.1) is 0 Å². The van der Waals surface area contributed by atoms with Crippen molar-refractivity contribution in [2.45, 2.75) is 13.5 Å². The maximum atomic E-state index is 5.86. The first-order valence-corrected chi connectivity index (χ1v) is 8.88. The summed E-state index contributed by atoms with van der Waals surface area (Å²) in [6.07, 6.45) is 0. The molecule has 0 aliphatic rings. The second-order valence-electron chi connectivity index (χ2n) is 6.62. The molecule has 5 heteroatoms. The number of nitrogens with zero attached hydrogens (tertiary/aromatic N) is 2. The van der Waals surface area contributed by atoms with Gasteiger partial charge in [0.05, 0.1) is 22.1 Å². The van der Waals surface area contributed by atoms with Crippen LogP contribution in [0.3, 0.4) is 0 Å². The summed E-state index contributed by atoms with van der Waals surface area (Å²) >= 11 is 0. The van der Waals surface area contributed by atoms with Crippen molar-refractivity contribution in [3.8, 4) is 17.1 Å². The first-order chi connectivity index (χ1) is 13.2. The SMILES string of the molecule is Cc1ccc2nc(-c3ccc(OCc4nc5ccccc5[nH]4)cc3)[nH]c2c1. The molecule has 27 heavy (non-hydrogen) atoms. The van der Waals surface area contributed by atoms with Gasteiger partial charge in [-0.1, -0.05) is 18.2 Å². The Balaban J connectivity index is 1.33. The minimum atomic E-state index is 0.401. The normalized spacial score (nSPS) is 11.3. The first kappa shape index (κ1) is 15.6. The fraction of sp³-hybridized carbons (Fsp3) is 0.0909. The molecule has 5 aromatic rings. The first-order valence-electron chi connectivity index (χ1n) is 8.88. The molecule has 0 aliphatic carbocycles. The van der Waals surface area contributed by atoms with Crippen molar-refractivity contribution in [1.29, 1.82) is 0 Å². The topological polar surface area (TPSA) is 66.6 Å². The average Bonchev–Trinajstić information content (AvgIpc) is 3.30. The quantitative estimate of drug-likeness (QED) is 0.478. The Morgan fingerprint density at radius 2 is 1.63 bits per heavy atom. The van der Waals surface area contributed by atoms with Gasteiger partial charge in [-0.25, -0.2) is 9.97 Å². The largest absolute Gasteiger partial charge is 0.486 e. The van der Waals surface area contributed by atoms with Crippen LogP contribution >= 0.6 is 0 Å². The summed E-state index contributed by atoms with van der Waals surface area (Å²) in [6, 6.07) is 22.1. The van der Waals surface area contributed by atoms with Crippen LogP contribution in [0.5, 0.6) is 5.75 Å². The number of nitrogens with one attached hydrogen (secondary N) is 2. The number of imidazole rings is 2. The third-order valence-corrected chi connectivity index (χ3v) is 4.58. The Bertz CT molecular complexity index is 1200. The van der Waals surface area contributed by atoms with E-state index in [1.807, 2.05) is 54.6 Å². The van der Waals surface area contributed by atoms with Gasteiger partial charge in [0, 0.05) is 5.56 Å². The number of para-hydroxylation sites is 2. The zero-order chi connectivity index (χ0) is 18.2. The van der Waals surface area contributed by atoms with Crippen molar-refractivity contribution in [2.24, 2.45) is 0 Å². The van der Waals surface area contributed by atoms with E-state index < -0.39 is 0 Å². The number of hydrogen-bond donors (Lipinski definition) is 2. The van der Waals surface area contributed by atoms with Crippen LogP contribution in [0.15, 0.2) is 66.7 Å². The molecule has 0 atom stereocenters. The van der Waals surface area contributed by atoms with Gasteiger partial charge >= 0.3 is 0 Å². The van der Waals surface area contributed by atoms with Crippen LogP contribution in [0, 0.1) is 6.92 Å². The maximum Gasteiger partial charge on any atom is 0.146 e. The van der Waals surface area contributed by atoms with Crippen molar-refractivity contribution >= 4 is 22.1 Å². The zero-order valence-electron chi connectivity index (χ0n) is 14.9. The molecule has 0 saturated heterocycles. The summed E-state index contributed by atoms with van der Waals surface area (Å²) in [4.78, 5) is 15.8. The number of rotatable bonds is 4. The maximum absolute atomic E-state index is 5.86. The molecule has 2 aromatic heterocycles. The van der Waals surface area contributed by atoms with Crippen molar-refractivity contribution in [2.75, 3.05) is 0 Å². The highest BCUT2D eigenvalue weighted by molar-refractivity contribution is 5.80. The molecule has 5 nitrogen and oxygen atoms in total. The van der Waals surface area contributed by atoms with Crippen molar-refractivity contribution in [3.05, 3.63) is 78.1 Å². The van der Waals surface area contributed by atoms with E-state index in [-0.39, 0.29) is 0 Å². The molecule has 3 aromatic carbocycles. The summed E-state index contributed by atoms with van der Waals surface area (Å²) in [7, 11) is 0. The van der Waals surface area contributed by atoms with Crippen LogP contribution in [0.4, 0.5) is 0 Å². The van der Waals surface area contributed by atoms with Gasteiger partial charge in [-0.05, 0) is 61.0 Å². The van der Waals surface area contributed by atoms with E-state index in [1.165, 1.54) is 5.56 Å². The van der Waals surface area contributed by atoms with Crippen LogP contribution in [-0.2, 0) is 6.61 Å². The van der Waals surface area contributed by atoms with E-state index in [0.717, 1.165) is 45.0 Å². The zero-order valence-corrected chi connectivity index (χ0v) is 14.9. The number of benzene rings is 3. The predicted octanol–water partition coefficient (Wildman–Crippen LogP) is 4.99. The van der Waals surface area contributed by atoms with E-state index in [2.05, 4.69) is 39.0 Å². The van der Waals surface area contributed by atoms with Crippen LogP contribution < -0.4 is 4.74 Å². The Morgan fingerprint density at radius 3 is 2.48 bits per heavy atom. The molecule has 0 saturated carbocycles. The van der Waals surface area contributed by atoms with Gasteiger partial charge in [0.15, 0.2) is 0 Å². The van der Waals surface area contributed by atoms with Gasteiger partial charge < -0.3 is 14.7 Å². The van der Waals surface area contributed by atoms with Gasteiger partial charge in [-0.3, -0.25) is 0 Å². The van der Waals surface area contributed by atoms with Crippen LogP contribution in [0.2, 0.25) is 0 Å². The minimum absolute atomic E-state index is 0.401. The predicted molar refractivity (Wildman–Crippen MR) is 107 cm³/mol. The summed E-state index contributed by atoms with van der Waals surface area (Å²) in [5, 5.41) is 0. The monoisotopic (exact) mass is 354 g/mol. The fourth-order valence-electron chi connectivity index (χ4n) is 3.19. The second kappa shape index (κ2) is 6.29. The molecule has 0 amide bonds. The van der Waals surface area contributed by atoms with Crippen LogP contribution in [-0.4, -0.2) is 19.9 Å². The molecule has 2 heterocycles. The molecule has 0 unspecified atom stereocenters. The molecule has 0 fully saturated rings. The highest BCUT2D eigenvalue weighted by Crippen LogP contribution is 2.24. The average molecular weight is 354 g/mol. The Morgan fingerprint density at radius 1 is 0.815 bits per heavy atom. The van der Waals surface area contributed by atoms with Gasteiger partial charge in [-0.2, -0.15) is 0 Å². The smallest absolute Gasteiger partial charge is 0.146 e. The van der Waals surface area contributed by atoms with E-state index >= 15 is 0 Å². The fourth-order valence-corrected chi connectivity index (χ4v) is 3.19. The lowest BCUT2D eigenvalue weighted by Gasteiger charge is -2.04. The van der Waals surface area contributed by atoms with Crippen molar-refractivity contribution in [1.82, 2.24) is 19.9 Å². The molecular formula is C22H18N4O. The number of aromatic nitrogens is 4. The lowest BCUT2D eigenvalue weighted by Crippen LogP contribution is -1.97. The van der Waals surface area contributed by atoms with E-state index in [0.29, 0.717) is 6.61 Å². The summed E-state index contributed by atoms with van der Waals surface area (Å²) in [6.45, 7) is 2.48. The Kier molecular flexibility index (Phi) is 3.64. The van der Waals surface area contributed by atoms with E-state index in [9.17, 15) is 0 Å². The number of hydrogen-bond acceptors (Lipinski definition) is 3. The summed E-state index contributed by atoms with van der Waals surface area (Å²) in [5.74, 6) is 2.47. The third kappa shape index (κ3) is 3.04. The number of fused-ring (bicyclic) bond motifs is 2. The van der Waals surface area contributed by atoms with Crippen LogP contribution in [0.1, 0.15) is 11.4 Å².